The van der Waals surface area contributed by atoms with Crippen LogP contribution in [0.25, 0.3) is 28.7 Å². The summed E-state index contributed by atoms with van der Waals surface area (Å²) < 4.78 is 27.6. The molecule has 14 nitrogen and oxygen atoms in total. The molecular weight excluding hydrogens is 862 g/mol. The van der Waals surface area contributed by atoms with E-state index < -0.39 is 0 Å². The number of amides is 2. The molecule has 0 radical (unpaired) electrons. The maximum Gasteiger partial charge on any atom is 0.250 e. The molecule has 2 aliphatic rings. The summed E-state index contributed by atoms with van der Waals surface area (Å²) in [5, 5.41) is 0.173. The highest BCUT2D eigenvalue weighted by Crippen LogP contribution is 2.41. The van der Waals surface area contributed by atoms with Gasteiger partial charge in [0.25, 0.3) is 0 Å². The molecule has 4 aromatic heterocycles. The number of carbonyl (C=O) groups is 2. The van der Waals surface area contributed by atoms with Crippen LogP contribution in [0.4, 0.5) is 43.2 Å². The highest BCUT2D eigenvalue weighted by Gasteiger charge is 2.39. The minimum Gasteiger partial charge on any atom is -0.345 e. The number of aromatic amines is 1. The van der Waals surface area contributed by atoms with Gasteiger partial charge in [-0.2, -0.15) is 9.97 Å². The van der Waals surface area contributed by atoms with E-state index in [-0.39, 0.29) is 48.2 Å². The van der Waals surface area contributed by atoms with E-state index in [0.29, 0.717) is 47.6 Å². The Kier molecular flexibility index (Phi) is 14.2. The SMILES string of the molecule is C.CCC1C(=O)N(C)c2cnc(-n3ccnc3-c3ccc(F)cc3)nc2N1c1ccccc1.CCC1C(=O)N(C)c2cnc(Cl)nc2N1c1ccccc1.Fc1ccc(-c2ncc[nH]2)cc1. The van der Waals surface area contributed by atoms with Gasteiger partial charge in [0, 0.05) is 61.4 Å². The molecule has 0 fully saturated rings. The molecule has 6 heterocycles. The first kappa shape index (κ1) is 46.2. The van der Waals surface area contributed by atoms with Crippen LogP contribution in [-0.2, 0) is 9.59 Å². The van der Waals surface area contributed by atoms with E-state index in [2.05, 4.69) is 29.9 Å². The van der Waals surface area contributed by atoms with Crippen molar-refractivity contribution in [2.75, 3.05) is 33.7 Å². The minimum atomic E-state index is -0.378. The largest absolute Gasteiger partial charge is 0.345 e. The second-order valence-electron chi connectivity index (χ2n) is 14.9. The van der Waals surface area contributed by atoms with Gasteiger partial charge in [-0.15, -0.1) is 0 Å². The van der Waals surface area contributed by atoms with Crippen molar-refractivity contribution in [2.24, 2.45) is 0 Å². The number of rotatable bonds is 7. The molecule has 4 aromatic carbocycles. The summed E-state index contributed by atoms with van der Waals surface area (Å²) in [5.41, 5.74) is 4.74. The van der Waals surface area contributed by atoms with E-state index in [9.17, 15) is 18.4 Å². The van der Waals surface area contributed by atoms with Gasteiger partial charge in [-0.05, 0) is 97.2 Å². The van der Waals surface area contributed by atoms with E-state index in [1.54, 1.807) is 89.9 Å². The third-order valence-electron chi connectivity index (χ3n) is 10.9. The summed E-state index contributed by atoms with van der Waals surface area (Å²) in [7, 11) is 3.49. The lowest BCUT2D eigenvalue weighted by Crippen LogP contribution is -2.50. The Morgan fingerprint density at radius 1 is 0.621 bits per heavy atom. The third kappa shape index (κ3) is 9.35. The van der Waals surface area contributed by atoms with Crippen LogP contribution < -0.4 is 19.6 Å². The predicted octanol–water partition coefficient (Wildman–Crippen LogP) is 10.2. The number of para-hydroxylation sites is 2. The Labute approximate surface area is 386 Å². The van der Waals surface area contributed by atoms with Crippen molar-refractivity contribution < 1.29 is 18.4 Å². The number of nitrogens with one attached hydrogen (secondary N) is 1. The maximum absolute atomic E-state index is 13.4. The van der Waals surface area contributed by atoms with Crippen molar-refractivity contribution in [3.8, 4) is 28.7 Å². The zero-order chi connectivity index (χ0) is 45.6. The van der Waals surface area contributed by atoms with Gasteiger partial charge >= 0.3 is 0 Å². The first-order valence-electron chi connectivity index (χ1n) is 20.8. The lowest BCUT2D eigenvalue weighted by molar-refractivity contribution is -0.120. The number of carbonyl (C=O) groups excluding carboxylic acids is 2. The highest BCUT2D eigenvalue weighted by molar-refractivity contribution is 6.28. The van der Waals surface area contributed by atoms with Crippen molar-refractivity contribution in [2.45, 2.75) is 46.2 Å². The number of hydrogen-bond donors (Lipinski definition) is 1. The van der Waals surface area contributed by atoms with Gasteiger partial charge in [0.1, 0.15) is 46.7 Å². The van der Waals surface area contributed by atoms with E-state index >= 15 is 0 Å². The molecule has 66 heavy (non-hydrogen) atoms. The van der Waals surface area contributed by atoms with Gasteiger partial charge < -0.3 is 24.6 Å². The van der Waals surface area contributed by atoms with Gasteiger partial charge in [-0.1, -0.05) is 57.7 Å². The van der Waals surface area contributed by atoms with E-state index in [4.69, 9.17) is 16.6 Å². The Hall–Kier alpha value is -7.85. The number of hydrogen-bond acceptors (Lipinski definition) is 10. The second-order valence-corrected chi connectivity index (χ2v) is 15.2. The zero-order valence-electron chi connectivity index (χ0n) is 35.8. The van der Waals surface area contributed by atoms with Gasteiger partial charge in [0.15, 0.2) is 11.6 Å². The fraction of sp³-hybridized carbons (Fsp3) is 0.184. The average Bonchev–Trinajstić information content (AvgIpc) is 4.07. The second kappa shape index (κ2) is 20.3. The lowest BCUT2D eigenvalue weighted by Gasteiger charge is -2.40. The van der Waals surface area contributed by atoms with Crippen LogP contribution >= 0.6 is 11.6 Å². The van der Waals surface area contributed by atoms with Crippen molar-refractivity contribution in [3.63, 3.8) is 0 Å². The highest BCUT2D eigenvalue weighted by atomic mass is 35.5. The molecular formula is C49H47ClF2N12O2. The minimum absolute atomic E-state index is 0. The van der Waals surface area contributed by atoms with Crippen molar-refractivity contribution in [1.29, 1.82) is 0 Å². The van der Waals surface area contributed by atoms with E-state index in [0.717, 1.165) is 28.3 Å². The summed E-state index contributed by atoms with van der Waals surface area (Å²) in [5.74, 6) is 2.57. The van der Waals surface area contributed by atoms with Gasteiger partial charge in [-0.3, -0.25) is 14.2 Å². The zero-order valence-corrected chi connectivity index (χ0v) is 36.6. The number of benzene rings is 4. The molecule has 0 bridgehead atoms. The Bertz CT molecular complexity index is 2890. The number of anilines is 6. The van der Waals surface area contributed by atoms with Crippen LogP contribution in [0.3, 0.4) is 0 Å². The molecule has 2 unspecified atom stereocenters. The summed E-state index contributed by atoms with van der Waals surface area (Å²) >= 11 is 5.95. The molecule has 2 atom stereocenters. The number of imidazole rings is 2. The van der Waals surface area contributed by atoms with E-state index in [1.165, 1.54) is 24.3 Å². The molecule has 17 heteroatoms. The fourth-order valence-electron chi connectivity index (χ4n) is 7.65. The standard InChI is InChI=1S/C24H21FN6O.C15H15ClN4O.C9H7FN2.CH4/c1-3-19-23(32)29(2)20-15-27-24(28-22(20)31(19)18-7-5-4-6-8-18)30-14-13-26-21(30)16-9-11-17(25)12-10-16;1-3-11-14(21)19(2)12-9-17-15(16)18-13(12)20(11)10-7-5-4-6-8-10;10-8-3-1-7(2-4-8)9-11-5-6-12-9;/h4-15,19H,3H2,1-2H3;4-9,11H,3H2,1-2H3;1-6H,(H,11,12);1H4. The Morgan fingerprint density at radius 3 is 1.62 bits per heavy atom. The molecule has 0 saturated carbocycles. The molecule has 1 N–H and O–H groups in total. The Balaban J connectivity index is 0.000000163. The first-order valence-corrected chi connectivity index (χ1v) is 21.1. The quantitative estimate of drug-likeness (QED) is 0.153. The first-order chi connectivity index (χ1) is 31.6. The lowest BCUT2D eigenvalue weighted by atomic mass is 10.1. The van der Waals surface area contributed by atoms with Gasteiger partial charge in [0.05, 0.1) is 12.4 Å². The number of aromatic nitrogens is 8. The smallest absolute Gasteiger partial charge is 0.250 e. The summed E-state index contributed by atoms with van der Waals surface area (Å²) in [6, 6.07) is 31.1. The van der Waals surface area contributed by atoms with Crippen molar-refractivity contribution in [3.05, 3.63) is 163 Å². The van der Waals surface area contributed by atoms with Crippen molar-refractivity contribution in [1.82, 2.24) is 39.5 Å². The summed E-state index contributed by atoms with van der Waals surface area (Å²) in [6.45, 7) is 3.97. The summed E-state index contributed by atoms with van der Waals surface area (Å²) in [6.07, 6.45) is 11.4. The molecule has 2 amide bonds. The molecule has 10 rings (SSSR count). The number of fused-ring (bicyclic) bond motifs is 2. The molecule has 8 aromatic rings. The molecule has 336 valence electrons. The number of likely N-dealkylation sites (N-methyl/N-ethyl adjacent to an activating group) is 2. The normalized spacial score (nSPS) is 15.1. The summed E-state index contributed by atoms with van der Waals surface area (Å²) in [4.78, 5) is 61.9. The molecule has 0 saturated heterocycles. The molecule has 0 aliphatic carbocycles. The van der Waals surface area contributed by atoms with Crippen molar-refractivity contribution >= 4 is 57.8 Å². The number of halogens is 3. The van der Waals surface area contributed by atoms with Crippen LogP contribution in [0.2, 0.25) is 5.28 Å². The molecule has 2 aliphatic heterocycles. The monoisotopic (exact) mass is 908 g/mol. The van der Waals surface area contributed by atoms with Crippen LogP contribution in [0.5, 0.6) is 0 Å². The maximum atomic E-state index is 13.4. The Morgan fingerprint density at radius 2 is 1.12 bits per heavy atom. The topological polar surface area (TPSA) is 145 Å². The predicted molar refractivity (Wildman–Crippen MR) is 254 cm³/mol. The third-order valence-corrected chi connectivity index (χ3v) is 11.1. The fourth-order valence-corrected chi connectivity index (χ4v) is 7.78. The van der Waals surface area contributed by atoms with Crippen LogP contribution in [0.1, 0.15) is 34.1 Å². The van der Waals surface area contributed by atoms with Crippen LogP contribution in [-0.4, -0.2) is 77.4 Å². The van der Waals surface area contributed by atoms with E-state index in [1.807, 2.05) is 84.3 Å². The van der Waals surface area contributed by atoms with Crippen LogP contribution in [0, 0.1) is 11.6 Å². The average molecular weight is 909 g/mol. The number of nitrogens with zero attached hydrogens (tertiary/aromatic N) is 11. The van der Waals surface area contributed by atoms with Crippen LogP contribution in [0.15, 0.2) is 146 Å². The number of H-pyrrole nitrogens is 1. The van der Waals surface area contributed by atoms with Gasteiger partial charge in [0.2, 0.25) is 23.0 Å². The van der Waals surface area contributed by atoms with Gasteiger partial charge in [-0.25, -0.2) is 28.7 Å². The molecule has 0 spiro atoms.